The fourth-order valence-corrected chi connectivity index (χ4v) is 4.25. The highest BCUT2D eigenvalue weighted by atomic mass is 79.9. The van der Waals surface area contributed by atoms with E-state index in [1.807, 2.05) is 0 Å². The SMILES string of the molecule is CCCNC(c1ccc2c(c1)CCO2)c1sccc1Br. The minimum absolute atomic E-state index is 0.259. The van der Waals surface area contributed by atoms with Crippen LogP contribution in [0.25, 0.3) is 0 Å². The van der Waals surface area contributed by atoms with Crippen LogP contribution in [0.2, 0.25) is 0 Å². The van der Waals surface area contributed by atoms with Crippen molar-refractivity contribution in [3.05, 3.63) is 50.1 Å². The van der Waals surface area contributed by atoms with Gasteiger partial charge in [0.05, 0.1) is 12.6 Å². The maximum atomic E-state index is 5.60. The summed E-state index contributed by atoms with van der Waals surface area (Å²) in [6.07, 6.45) is 2.16. The largest absolute Gasteiger partial charge is 0.493 e. The Morgan fingerprint density at radius 1 is 1.40 bits per heavy atom. The molecule has 1 aromatic carbocycles. The molecule has 2 nitrogen and oxygen atoms in total. The zero-order valence-corrected chi connectivity index (χ0v) is 13.9. The van der Waals surface area contributed by atoms with Gasteiger partial charge in [-0.1, -0.05) is 19.1 Å². The van der Waals surface area contributed by atoms with Gasteiger partial charge in [-0.2, -0.15) is 0 Å². The molecule has 0 amide bonds. The third kappa shape index (κ3) is 2.78. The minimum atomic E-state index is 0.259. The predicted octanol–water partition coefficient (Wildman–Crippen LogP) is 4.53. The van der Waals surface area contributed by atoms with Gasteiger partial charge >= 0.3 is 0 Å². The summed E-state index contributed by atoms with van der Waals surface area (Å²) in [7, 11) is 0. The van der Waals surface area contributed by atoms with Crippen molar-refractivity contribution in [2.24, 2.45) is 0 Å². The van der Waals surface area contributed by atoms with E-state index in [4.69, 9.17) is 4.74 Å². The van der Waals surface area contributed by atoms with Crippen LogP contribution in [0, 0.1) is 0 Å². The molecule has 1 unspecified atom stereocenters. The van der Waals surface area contributed by atoms with E-state index in [2.05, 4.69) is 57.8 Å². The van der Waals surface area contributed by atoms with E-state index in [0.29, 0.717) is 0 Å². The summed E-state index contributed by atoms with van der Waals surface area (Å²) >= 11 is 5.46. The minimum Gasteiger partial charge on any atom is -0.493 e. The highest BCUT2D eigenvalue weighted by Crippen LogP contribution is 2.35. The Morgan fingerprint density at radius 3 is 3.05 bits per heavy atom. The topological polar surface area (TPSA) is 21.3 Å². The highest BCUT2D eigenvalue weighted by Gasteiger charge is 2.20. The van der Waals surface area contributed by atoms with Crippen molar-refractivity contribution in [1.29, 1.82) is 0 Å². The molecule has 4 heteroatoms. The lowest BCUT2D eigenvalue weighted by atomic mass is 10.0. The zero-order chi connectivity index (χ0) is 13.9. The molecule has 2 heterocycles. The van der Waals surface area contributed by atoms with E-state index >= 15 is 0 Å². The Labute approximate surface area is 132 Å². The Morgan fingerprint density at radius 2 is 2.30 bits per heavy atom. The molecule has 0 saturated heterocycles. The van der Waals surface area contributed by atoms with Crippen LogP contribution in [0.15, 0.2) is 34.1 Å². The molecule has 0 saturated carbocycles. The standard InChI is InChI=1S/C16H18BrNOS/c1-2-7-18-15(16-13(17)6-9-20-16)12-3-4-14-11(10-12)5-8-19-14/h3-4,6,9-10,15,18H,2,5,7-8H2,1H3. The van der Waals surface area contributed by atoms with Crippen LogP contribution >= 0.6 is 27.3 Å². The molecular formula is C16H18BrNOS. The molecule has 0 spiro atoms. The number of halogens is 1. The fourth-order valence-electron chi connectivity index (χ4n) is 2.55. The normalized spacial score (nSPS) is 14.9. The predicted molar refractivity (Wildman–Crippen MR) is 87.8 cm³/mol. The second-order valence-corrected chi connectivity index (χ2v) is 6.79. The lowest BCUT2D eigenvalue weighted by Gasteiger charge is -2.19. The van der Waals surface area contributed by atoms with E-state index in [-0.39, 0.29) is 6.04 Å². The summed E-state index contributed by atoms with van der Waals surface area (Å²) in [5.74, 6) is 1.05. The van der Waals surface area contributed by atoms with Crippen LogP contribution in [0.3, 0.4) is 0 Å². The van der Waals surface area contributed by atoms with E-state index in [0.717, 1.165) is 31.7 Å². The number of hydrogen-bond donors (Lipinski definition) is 1. The summed E-state index contributed by atoms with van der Waals surface area (Å²) in [4.78, 5) is 1.34. The van der Waals surface area contributed by atoms with Crippen LogP contribution in [-0.2, 0) is 6.42 Å². The van der Waals surface area contributed by atoms with Gasteiger partial charge in [0.2, 0.25) is 0 Å². The lowest BCUT2D eigenvalue weighted by Crippen LogP contribution is -2.22. The van der Waals surface area contributed by atoms with Crippen molar-refractivity contribution in [3.8, 4) is 5.75 Å². The molecule has 1 aromatic heterocycles. The first-order chi connectivity index (χ1) is 9.79. The smallest absolute Gasteiger partial charge is 0.122 e. The first kappa shape index (κ1) is 14.1. The van der Waals surface area contributed by atoms with Gasteiger partial charge in [0.15, 0.2) is 0 Å². The van der Waals surface area contributed by atoms with Gasteiger partial charge < -0.3 is 10.1 Å². The first-order valence-corrected chi connectivity index (χ1v) is 8.68. The second-order valence-electron chi connectivity index (χ2n) is 4.99. The molecule has 0 aliphatic carbocycles. The molecule has 20 heavy (non-hydrogen) atoms. The van der Waals surface area contributed by atoms with E-state index < -0.39 is 0 Å². The summed E-state index contributed by atoms with van der Waals surface area (Å²) in [6.45, 7) is 4.03. The third-order valence-electron chi connectivity index (χ3n) is 3.55. The van der Waals surface area contributed by atoms with Crippen molar-refractivity contribution >= 4 is 27.3 Å². The van der Waals surface area contributed by atoms with Gasteiger partial charge in [0.1, 0.15) is 5.75 Å². The van der Waals surface area contributed by atoms with Crippen molar-refractivity contribution in [1.82, 2.24) is 5.32 Å². The van der Waals surface area contributed by atoms with E-state index in [1.165, 1.54) is 20.5 Å². The zero-order valence-electron chi connectivity index (χ0n) is 11.5. The number of hydrogen-bond acceptors (Lipinski definition) is 3. The average molecular weight is 352 g/mol. The Kier molecular flexibility index (Phi) is 4.44. The molecule has 2 aromatic rings. The molecule has 106 valence electrons. The van der Waals surface area contributed by atoms with Gasteiger partial charge in [-0.15, -0.1) is 11.3 Å². The molecule has 3 rings (SSSR count). The summed E-state index contributed by atoms with van der Waals surface area (Å²) in [6, 6.07) is 8.97. The van der Waals surface area contributed by atoms with Crippen molar-refractivity contribution in [2.45, 2.75) is 25.8 Å². The lowest BCUT2D eigenvalue weighted by molar-refractivity contribution is 0.357. The molecule has 1 aliphatic heterocycles. The van der Waals surface area contributed by atoms with Crippen LogP contribution in [-0.4, -0.2) is 13.2 Å². The molecule has 0 bridgehead atoms. The third-order valence-corrected chi connectivity index (χ3v) is 5.49. The van der Waals surface area contributed by atoms with Crippen molar-refractivity contribution < 1.29 is 4.74 Å². The van der Waals surface area contributed by atoms with Crippen molar-refractivity contribution in [2.75, 3.05) is 13.2 Å². The molecule has 0 fully saturated rings. The van der Waals surface area contributed by atoms with Crippen LogP contribution in [0.1, 0.15) is 35.4 Å². The number of thiophene rings is 1. The van der Waals surface area contributed by atoms with Gasteiger partial charge in [0.25, 0.3) is 0 Å². The van der Waals surface area contributed by atoms with Crippen molar-refractivity contribution in [3.63, 3.8) is 0 Å². The summed E-state index contributed by atoms with van der Waals surface area (Å²) in [5, 5.41) is 5.80. The second kappa shape index (κ2) is 6.29. The van der Waals surface area contributed by atoms with E-state index in [1.54, 1.807) is 11.3 Å². The first-order valence-electron chi connectivity index (χ1n) is 7.01. The number of benzene rings is 1. The number of rotatable bonds is 5. The Bertz CT molecular complexity index is 596. The number of nitrogens with one attached hydrogen (secondary N) is 1. The van der Waals surface area contributed by atoms with Gasteiger partial charge in [0, 0.05) is 15.8 Å². The van der Waals surface area contributed by atoms with Crippen LogP contribution in [0.5, 0.6) is 5.75 Å². The van der Waals surface area contributed by atoms with Gasteiger partial charge in [-0.05, 0) is 57.5 Å². The molecule has 0 radical (unpaired) electrons. The van der Waals surface area contributed by atoms with E-state index in [9.17, 15) is 0 Å². The van der Waals surface area contributed by atoms with Crippen LogP contribution < -0.4 is 10.1 Å². The number of ether oxygens (including phenoxy) is 1. The summed E-state index contributed by atoms with van der Waals surface area (Å²) < 4.78 is 6.79. The monoisotopic (exact) mass is 351 g/mol. The maximum Gasteiger partial charge on any atom is 0.122 e. The molecule has 1 N–H and O–H groups in total. The molecular weight excluding hydrogens is 334 g/mol. The highest BCUT2D eigenvalue weighted by molar-refractivity contribution is 9.10. The molecule has 1 atom stereocenters. The average Bonchev–Trinajstić information content (AvgIpc) is 3.08. The maximum absolute atomic E-state index is 5.60. The molecule has 1 aliphatic rings. The fraction of sp³-hybridized carbons (Fsp3) is 0.375. The number of fused-ring (bicyclic) bond motifs is 1. The van der Waals surface area contributed by atoms with Gasteiger partial charge in [-0.25, -0.2) is 0 Å². The van der Waals surface area contributed by atoms with Gasteiger partial charge in [-0.3, -0.25) is 0 Å². The van der Waals surface area contributed by atoms with Crippen LogP contribution in [0.4, 0.5) is 0 Å². The summed E-state index contributed by atoms with van der Waals surface area (Å²) in [5.41, 5.74) is 2.66. The Hall–Kier alpha value is -0.840. The quantitative estimate of drug-likeness (QED) is 0.853. The Balaban J connectivity index is 1.94.